The summed E-state index contributed by atoms with van der Waals surface area (Å²) in [6.45, 7) is 0.666. The van der Waals surface area contributed by atoms with Gasteiger partial charge in [0.1, 0.15) is 11.3 Å². The molecule has 4 aromatic rings. The van der Waals surface area contributed by atoms with Crippen molar-refractivity contribution in [2.75, 3.05) is 13.4 Å². The van der Waals surface area contributed by atoms with Gasteiger partial charge in [0.2, 0.25) is 0 Å². The van der Waals surface area contributed by atoms with Gasteiger partial charge in [-0.2, -0.15) is 5.10 Å². The van der Waals surface area contributed by atoms with Crippen molar-refractivity contribution in [3.05, 3.63) is 59.4 Å². The molecule has 0 saturated heterocycles. The quantitative estimate of drug-likeness (QED) is 0.374. The van der Waals surface area contributed by atoms with Gasteiger partial charge in [0.15, 0.2) is 5.15 Å². The van der Waals surface area contributed by atoms with Crippen LogP contribution in [0.3, 0.4) is 0 Å². The van der Waals surface area contributed by atoms with Gasteiger partial charge >= 0.3 is 0 Å². The molecule has 2 aromatic heterocycles. The molecule has 0 aliphatic carbocycles. The van der Waals surface area contributed by atoms with Crippen molar-refractivity contribution < 1.29 is 4.74 Å². The first-order valence-corrected chi connectivity index (χ1v) is 9.41. The molecule has 4 nitrogen and oxygen atoms in total. The van der Waals surface area contributed by atoms with E-state index in [4.69, 9.17) is 16.3 Å². The highest BCUT2D eigenvalue weighted by Gasteiger charge is 2.12. The monoisotopic (exact) mass is 369 g/mol. The van der Waals surface area contributed by atoms with Crippen molar-refractivity contribution in [2.24, 2.45) is 0 Å². The number of fused-ring (bicyclic) bond motifs is 3. The fraction of sp³-hybridized carbons (Fsp3) is 0.158. The molecule has 2 heterocycles. The van der Waals surface area contributed by atoms with Crippen LogP contribution in [0.15, 0.2) is 53.6 Å². The SMILES string of the molecule is COc1ccc(Cn2cc3c(n2)c(Cl)nc2cc(SC)ccc23)cc1. The smallest absolute Gasteiger partial charge is 0.157 e. The highest BCUT2D eigenvalue weighted by molar-refractivity contribution is 7.98. The average molecular weight is 370 g/mol. The lowest BCUT2D eigenvalue weighted by Gasteiger charge is -2.03. The molecular weight excluding hydrogens is 354 g/mol. The van der Waals surface area contributed by atoms with E-state index in [-0.39, 0.29) is 0 Å². The van der Waals surface area contributed by atoms with E-state index in [1.54, 1.807) is 18.9 Å². The predicted molar refractivity (Wildman–Crippen MR) is 104 cm³/mol. The molecule has 0 amide bonds. The number of hydrogen-bond acceptors (Lipinski definition) is 4. The summed E-state index contributed by atoms with van der Waals surface area (Å²) in [5.41, 5.74) is 2.78. The number of halogens is 1. The van der Waals surface area contributed by atoms with Gasteiger partial charge < -0.3 is 4.74 Å². The second-order valence-corrected chi connectivity index (χ2v) is 6.96. The van der Waals surface area contributed by atoms with E-state index >= 15 is 0 Å². The summed E-state index contributed by atoms with van der Waals surface area (Å²) in [5, 5.41) is 7.16. The van der Waals surface area contributed by atoms with Crippen molar-refractivity contribution in [1.82, 2.24) is 14.8 Å². The Morgan fingerprint density at radius 1 is 1.12 bits per heavy atom. The predicted octanol–water partition coefficient (Wildman–Crippen LogP) is 5.02. The Morgan fingerprint density at radius 2 is 1.92 bits per heavy atom. The summed E-state index contributed by atoms with van der Waals surface area (Å²) >= 11 is 8.07. The molecule has 0 saturated carbocycles. The first-order valence-electron chi connectivity index (χ1n) is 7.81. The van der Waals surface area contributed by atoms with Crippen LogP contribution in [-0.2, 0) is 6.54 Å². The molecule has 6 heteroatoms. The lowest BCUT2D eigenvalue weighted by Crippen LogP contribution is -1.99. The van der Waals surface area contributed by atoms with Crippen LogP contribution in [0.25, 0.3) is 21.8 Å². The van der Waals surface area contributed by atoms with Crippen LogP contribution in [0.5, 0.6) is 5.75 Å². The Kier molecular flexibility index (Phi) is 4.27. The maximum absolute atomic E-state index is 6.38. The zero-order valence-corrected chi connectivity index (χ0v) is 15.4. The normalized spacial score (nSPS) is 11.3. The van der Waals surface area contributed by atoms with E-state index in [9.17, 15) is 0 Å². The number of benzene rings is 2. The minimum absolute atomic E-state index is 0.439. The van der Waals surface area contributed by atoms with Crippen molar-refractivity contribution in [2.45, 2.75) is 11.4 Å². The van der Waals surface area contributed by atoms with E-state index < -0.39 is 0 Å². The zero-order valence-electron chi connectivity index (χ0n) is 13.9. The summed E-state index contributed by atoms with van der Waals surface area (Å²) in [5.74, 6) is 0.845. The number of rotatable bonds is 4. The van der Waals surface area contributed by atoms with Crippen LogP contribution >= 0.6 is 23.4 Å². The summed E-state index contributed by atoms with van der Waals surface area (Å²) in [6, 6.07) is 14.2. The van der Waals surface area contributed by atoms with Crippen LogP contribution in [-0.4, -0.2) is 28.1 Å². The number of thioether (sulfide) groups is 1. The minimum Gasteiger partial charge on any atom is -0.497 e. The third kappa shape index (κ3) is 3.05. The molecule has 4 rings (SSSR count). The van der Waals surface area contributed by atoms with Crippen LogP contribution < -0.4 is 4.74 Å². The van der Waals surface area contributed by atoms with Crippen LogP contribution in [0.2, 0.25) is 5.15 Å². The summed E-state index contributed by atoms with van der Waals surface area (Å²) in [4.78, 5) is 5.68. The van der Waals surface area contributed by atoms with E-state index in [0.717, 1.165) is 33.1 Å². The maximum Gasteiger partial charge on any atom is 0.157 e. The number of hydrogen-bond donors (Lipinski definition) is 0. The fourth-order valence-electron chi connectivity index (χ4n) is 2.89. The van der Waals surface area contributed by atoms with E-state index in [0.29, 0.717) is 11.7 Å². The molecule has 0 bridgehead atoms. The topological polar surface area (TPSA) is 39.9 Å². The lowest BCUT2D eigenvalue weighted by atomic mass is 10.1. The number of nitrogens with zero attached hydrogens (tertiary/aromatic N) is 3. The first-order chi connectivity index (χ1) is 12.2. The maximum atomic E-state index is 6.38. The number of ether oxygens (including phenoxy) is 1. The van der Waals surface area contributed by atoms with Gasteiger partial charge in [-0.3, -0.25) is 4.68 Å². The van der Waals surface area contributed by atoms with Crippen molar-refractivity contribution in [1.29, 1.82) is 0 Å². The lowest BCUT2D eigenvalue weighted by molar-refractivity contribution is 0.414. The number of pyridine rings is 1. The van der Waals surface area contributed by atoms with Gasteiger partial charge in [-0.25, -0.2) is 4.98 Å². The molecular formula is C19H16ClN3OS. The summed E-state index contributed by atoms with van der Waals surface area (Å²) in [7, 11) is 1.66. The first kappa shape index (κ1) is 16.2. The van der Waals surface area contributed by atoms with Gasteiger partial charge in [0.25, 0.3) is 0 Å². The highest BCUT2D eigenvalue weighted by Crippen LogP contribution is 2.30. The second-order valence-electron chi connectivity index (χ2n) is 5.72. The Bertz CT molecular complexity index is 1060. The second kappa shape index (κ2) is 6.58. The van der Waals surface area contributed by atoms with Gasteiger partial charge in [0, 0.05) is 21.9 Å². The third-order valence-electron chi connectivity index (χ3n) is 4.17. The minimum atomic E-state index is 0.439. The Balaban J connectivity index is 1.78. The van der Waals surface area contributed by atoms with E-state index in [1.165, 1.54) is 4.90 Å². The van der Waals surface area contributed by atoms with Crippen LogP contribution in [0.4, 0.5) is 0 Å². The number of aromatic nitrogens is 3. The molecule has 2 aromatic carbocycles. The van der Waals surface area contributed by atoms with Gasteiger partial charge in [-0.15, -0.1) is 11.8 Å². The van der Waals surface area contributed by atoms with Crippen molar-refractivity contribution >= 4 is 45.2 Å². The molecule has 0 radical (unpaired) electrons. The highest BCUT2D eigenvalue weighted by atomic mass is 35.5. The largest absolute Gasteiger partial charge is 0.497 e. The Labute approximate surface area is 154 Å². The summed E-state index contributed by atoms with van der Waals surface area (Å²) in [6.07, 6.45) is 4.09. The fourth-order valence-corrected chi connectivity index (χ4v) is 3.55. The molecule has 0 atom stereocenters. The van der Waals surface area contributed by atoms with Crippen molar-refractivity contribution in [3.8, 4) is 5.75 Å². The molecule has 25 heavy (non-hydrogen) atoms. The van der Waals surface area contributed by atoms with Gasteiger partial charge in [-0.1, -0.05) is 29.8 Å². The summed E-state index contributed by atoms with van der Waals surface area (Å²) < 4.78 is 7.11. The Hall–Kier alpha value is -2.24. The van der Waals surface area contributed by atoms with Crippen molar-refractivity contribution in [3.63, 3.8) is 0 Å². The molecule has 0 aliphatic heterocycles. The number of methoxy groups -OCH3 is 1. The zero-order chi connectivity index (χ0) is 17.4. The van der Waals surface area contributed by atoms with Crippen LogP contribution in [0, 0.1) is 0 Å². The third-order valence-corrected chi connectivity index (χ3v) is 5.16. The molecule has 0 aliphatic rings. The Morgan fingerprint density at radius 3 is 2.64 bits per heavy atom. The van der Waals surface area contributed by atoms with Gasteiger partial charge in [-0.05, 0) is 36.1 Å². The molecule has 126 valence electrons. The molecule has 0 fully saturated rings. The van der Waals surface area contributed by atoms with E-state index in [2.05, 4.69) is 28.3 Å². The molecule has 0 unspecified atom stereocenters. The average Bonchev–Trinajstić information content (AvgIpc) is 3.06. The van der Waals surface area contributed by atoms with Gasteiger partial charge in [0.05, 0.1) is 19.2 Å². The molecule has 0 N–H and O–H groups in total. The molecule has 0 spiro atoms. The standard InChI is InChI=1S/C19H16ClN3OS/c1-24-13-5-3-12(4-6-13)10-23-11-16-15-8-7-14(25-2)9-17(15)21-19(20)18(16)22-23/h3-9,11H,10H2,1-2H3. The van der Waals surface area contributed by atoms with E-state index in [1.807, 2.05) is 41.4 Å². The van der Waals surface area contributed by atoms with Crippen LogP contribution in [0.1, 0.15) is 5.56 Å².